The number of benzene rings is 1. The van der Waals surface area contributed by atoms with E-state index in [1.54, 1.807) is 6.20 Å². The minimum absolute atomic E-state index is 0.431. The van der Waals surface area contributed by atoms with Crippen LogP contribution in [0.25, 0.3) is 22.4 Å². The predicted octanol–water partition coefficient (Wildman–Crippen LogP) is 3.36. The third kappa shape index (κ3) is 1.89. The van der Waals surface area contributed by atoms with Gasteiger partial charge in [-0.05, 0) is 12.1 Å². The van der Waals surface area contributed by atoms with Crippen molar-refractivity contribution in [3.05, 3.63) is 48.3 Å². The Morgan fingerprint density at radius 2 is 2.00 bits per heavy atom. The fourth-order valence-electron chi connectivity index (χ4n) is 1.76. The van der Waals surface area contributed by atoms with Gasteiger partial charge in [0.15, 0.2) is 5.82 Å². The van der Waals surface area contributed by atoms with Crippen LogP contribution in [0.2, 0.25) is 0 Å². The molecule has 0 saturated carbocycles. The molecule has 2 heterocycles. The maximum atomic E-state index is 5.73. The highest BCUT2D eigenvalue weighted by molar-refractivity contribution is 6.16. The molecule has 4 heteroatoms. The molecule has 0 aliphatic heterocycles. The number of aromatic amines is 1. The Morgan fingerprint density at radius 1 is 1.12 bits per heavy atom. The zero-order valence-corrected chi connectivity index (χ0v) is 9.78. The van der Waals surface area contributed by atoms with Gasteiger partial charge in [0.05, 0.1) is 11.4 Å². The number of nitrogens with zero attached hydrogens (tertiary/aromatic N) is 2. The summed E-state index contributed by atoms with van der Waals surface area (Å²) in [7, 11) is 0. The maximum absolute atomic E-state index is 5.73. The summed E-state index contributed by atoms with van der Waals surface area (Å²) in [4.78, 5) is 12.0. The summed E-state index contributed by atoms with van der Waals surface area (Å²) in [6.45, 7) is 0. The number of hydrogen-bond donors (Lipinski definition) is 1. The number of H-pyrrole nitrogens is 1. The SMILES string of the molecule is ClCc1cnc(-c2ccc3ccccc3n2)[nH]1. The van der Waals surface area contributed by atoms with E-state index in [0.29, 0.717) is 5.88 Å². The molecule has 0 aliphatic carbocycles. The van der Waals surface area contributed by atoms with E-state index in [4.69, 9.17) is 11.6 Å². The Hall–Kier alpha value is -1.87. The van der Waals surface area contributed by atoms with Crippen molar-refractivity contribution in [1.29, 1.82) is 0 Å². The molecule has 84 valence electrons. The molecule has 0 atom stereocenters. The molecular formula is C13H10ClN3. The summed E-state index contributed by atoms with van der Waals surface area (Å²) in [6.07, 6.45) is 1.74. The fraction of sp³-hybridized carbons (Fsp3) is 0.0769. The molecule has 3 aromatic rings. The zero-order valence-electron chi connectivity index (χ0n) is 9.02. The van der Waals surface area contributed by atoms with E-state index in [1.807, 2.05) is 36.4 Å². The second kappa shape index (κ2) is 4.18. The standard InChI is InChI=1S/C13H10ClN3/c14-7-10-8-15-13(16-10)12-6-5-9-3-1-2-4-11(9)17-12/h1-6,8H,7H2,(H,15,16). The van der Waals surface area contributed by atoms with Crippen LogP contribution in [0.5, 0.6) is 0 Å². The van der Waals surface area contributed by atoms with Gasteiger partial charge in [0.25, 0.3) is 0 Å². The second-order valence-electron chi connectivity index (χ2n) is 3.78. The average Bonchev–Trinajstić information content (AvgIpc) is 2.87. The molecule has 0 fully saturated rings. The molecule has 3 nitrogen and oxygen atoms in total. The van der Waals surface area contributed by atoms with Gasteiger partial charge in [0, 0.05) is 17.3 Å². The summed E-state index contributed by atoms with van der Waals surface area (Å²) in [5.74, 6) is 1.19. The van der Waals surface area contributed by atoms with E-state index in [9.17, 15) is 0 Å². The van der Waals surface area contributed by atoms with Gasteiger partial charge in [0.2, 0.25) is 0 Å². The summed E-state index contributed by atoms with van der Waals surface area (Å²) >= 11 is 5.73. The normalized spacial score (nSPS) is 10.9. The molecule has 1 aromatic carbocycles. The lowest BCUT2D eigenvalue weighted by Crippen LogP contribution is -1.87. The molecule has 0 spiro atoms. The number of aromatic nitrogens is 3. The number of fused-ring (bicyclic) bond motifs is 1. The van der Waals surface area contributed by atoms with Crippen molar-refractivity contribution in [3.63, 3.8) is 0 Å². The van der Waals surface area contributed by atoms with Gasteiger partial charge in [-0.1, -0.05) is 24.3 Å². The topological polar surface area (TPSA) is 41.6 Å². The number of halogens is 1. The molecule has 0 radical (unpaired) electrons. The van der Waals surface area contributed by atoms with Crippen LogP contribution in [0.1, 0.15) is 5.69 Å². The van der Waals surface area contributed by atoms with Gasteiger partial charge in [0.1, 0.15) is 5.69 Å². The first-order valence-corrected chi connectivity index (χ1v) is 5.86. The first-order valence-electron chi connectivity index (χ1n) is 5.33. The minimum atomic E-state index is 0.431. The molecule has 0 saturated heterocycles. The third-order valence-corrected chi connectivity index (χ3v) is 2.90. The number of pyridine rings is 1. The molecule has 1 N–H and O–H groups in total. The highest BCUT2D eigenvalue weighted by Crippen LogP contribution is 2.18. The molecular weight excluding hydrogens is 234 g/mol. The van der Waals surface area contributed by atoms with Crippen LogP contribution in [0, 0.1) is 0 Å². The Kier molecular flexibility index (Phi) is 2.53. The molecule has 0 unspecified atom stereocenters. The van der Waals surface area contributed by atoms with Crippen molar-refractivity contribution < 1.29 is 0 Å². The predicted molar refractivity (Wildman–Crippen MR) is 68.9 cm³/mol. The second-order valence-corrected chi connectivity index (χ2v) is 4.05. The van der Waals surface area contributed by atoms with E-state index in [1.165, 1.54) is 0 Å². The van der Waals surface area contributed by atoms with Crippen molar-refractivity contribution in [2.24, 2.45) is 0 Å². The van der Waals surface area contributed by atoms with Crippen LogP contribution < -0.4 is 0 Å². The minimum Gasteiger partial charge on any atom is -0.340 e. The van der Waals surface area contributed by atoms with Crippen LogP contribution >= 0.6 is 11.6 Å². The molecule has 2 aromatic heterocycles. The smallest absolute Gasteiger partial charge is 0.156 e. The molecule has 17 heavy (non-hydrogen) atoms. The number of rotatable bonds is 2. The largest absolute Gasteiger partial charge is 0.340 e. The Labute approximate surface area is 103 Å². The highest BCUT2D eigenvalue weighted by atomic mass is 35.5. The van der Waals surface area contributed by atoms with Crippen molar-refractivity contribution in [1.82, 2.24) is 15.0 Å². The van der Waals surface area contributed by atoms with E-state index < -0.39 is 0 Å². The van der Waals surface area contributed by atoms with Crippen molar-refractivity contribution in [3.8, 4) is 11.5 Å². The van der Waals surface area contributed by atoms with Crippen LogP contribution in [0.3, 0.4) is 0 Å². The molecule has 0 bridgehead atoms. The summed E-state index contributed by atoms with van der Waals surface area (Å²) in [5.41, 5.74) is 2.70. The lowest BCUT2D eigenvalue weighted by Gasteiger charge is -1.99. The van der Waals surface area contributed by atoms with E-state index in [2.05, 4.69) is 15.0 Å². The van der Waals surface area contributed by atoms with E-state index in [0.717, 1.165) is 28.1 Å². The van der Waals surface area contributed by atoms with Crippen LogP contribution in [-0.2, 0) is 5.88 Å². The fourth-order valence-corrected chi connectivity index (χ4v) is 1.89. The zero-order chi connectivity index (χ0) is 11.7. The lowest BCUT2D eigenvalue weighted by atomic mass is 10.2. The lowest BCUT2D eigenvalue weighted by molar-refractivity contribution is 1.20. The number of alkyl halides is 1. The Bertz CT molecular complexity index is 660. The summed E-state index contributed by atoms with van der Waals surface area (Å²) < 4.78 is 0. The van der Waals surface area contributed by atoms with Crippen molar-refractivity contribution >= 4 is 22.5 Å². The number of para-hydroxylation sites is 1. The van der Waals surface area contributed by atoms with Crippen LogP contribution in [0.15, 0.2) is 42.6 Å². The highest BCUT2D eigenvalue weighted by Gasteiger charge is 2.05. The van der Waals surface area contributed by atoms with Gasteiger partial charge in [-0.2, -0.15) is 0 Å². The Balaban J connectivity index is 2.11. The van der Waals surface area contributed by atoms with Crippen LogP contribution in [-0.4, -0.2) is 15.0 Å². The maximum Gasteiger partial charge on any atom is 0.156 e. The quantitative estimate of drug-likeness (QED) is 0.701. The third-order valence-electron chi connectivity index (χ3n) is 2.61. The number of nitrogens with one attached hydrogen (secondary N) is 1. The molecule has 3 rings (SSSR count). The summed E-state index contributed by atoms with van der Waals surface area (Å²) in [6, 6.07) is 12.0. The van der Waals surface area contributed by atoms with Gasteiger partial charge < -0.3 is 4.98 Å². The van der Waals surface area contributed by atoms with E-state index >= 15 is 0 Å². The average molecular weight is 244 g/mol. The number of hydrogen-bond acceptors (Lipinski definition) is 2. The molecule has 0 amide bonds. The number of imidazole rings is 1. The van der Waals surface area contributed by atoms with Gasteiger partial charge >= 0.3 is 0 Å². The van der Waals surface area contributed by atoms with Crippen LogP contribution in [0.4, 0.5) is 0 Å². The summed E-state index contributed by atoms with van der Waals surface area (Å²) in [5, 5.41) is 1.13. The molecule has 0 aliphatic rings. The monoisotopic (exact) mass is 243 g/mol. The van der Waals surface area contributed by atoms with E-state index in [-0.39, 0.29) is 0 Å². The van der Waals surface area contributed by atoms with Gasteiger partial charge in [-0.3, -0.25) is 0 Å². The first-order chi connectivity index (χ1) is 8.36. The first kappa shape index (κ1) is 10.3. The van der Waals surface area contributed by atoms with Gasteiger partial charge in [-0.15, -0.1) is 11.6 Å². The van der Waals surface area contributed by atoms with Crippen molar-refractivity contribution in [2.75, 3.05) is 0 Å². The van der Waals surface area contributed by atoms with Crippen molar-refractivity contribution in [2.45, 2.75) is 5.88 Å². The Morgan fingerprint density at radius 3 is 2.82 bits per heavy atom. The van der Waals surface area contributed by atoms with Gasteiger partial charge in [-0.25, -0.2) is 9.97 Å².